The fourth-order valence-corrected chi connectivity index (χ4v) is 3.73. The van der Waals surface area contributed by atoms with E-state index in [0.717, 1.165) is 22.6 Å². The minimum absolute atomic E-state index is 0.00741. The van der Waals surface area contributed by atoms with E-state index in [0.29, 0.717) is 31.0 Å². The first-order chi connectivity index (χ1) is 15.1. The Hall–Kier alpha value is -3.41. The van der Waals surface area contributed by atoms with E-state index < -0.39 is 0 Å². The van der Waals surface area contributed by atoms with Gasteiger partial charge in [0.2, 0.25) is 5.91 Å². The topological polar surface area (TPSA) is 61.1 Å². The number of amides is 1. The summed E-state index contributed by atoms with van der Waals surface area (Å²) in [5.41, 5.74) is 2.01. The molecule has 6 heteroatoms. The predicted octanol–water partition coefficient (Wildman–Crippen LogP) is 4.88. The number of para-hydroxylation sites is 1. The van der Waals surface area contributed by atoms with Crippen molar-refractivity contribution in [3.8, 4) is 17.2 Å². The Kier molecular flexibility index (Phi) is 7.60. The van der Waals surface area contributed by atoms with E-state index in [1.807, 2.05) is 59.5 Å². The Morgan fingerprint density at radius 2 is 1.68 bits per heavy atom. The van der Waals surface area contributed by atoms with Crippen molar-refractivity contribution >= 4 is 5.91 Å². The fraction of sp³-hybridized carbons (Fsp3) is 0.320. The molecular formula is C25H29NO5. The Bertz CT molecular complexity index is 983. The molecular weight excluding hydrogens is 394 g/mol. The molecule has 0 bridgehead atoms. The minimum atomic E-state index is -0.0293. The average molecular weight is 424 g/mol. The van der Waals surface area contributed by atoms with Crippen LogP contribution in [0, 0.1) is 0 Å². The molecule has 0 saturated carbocycles. The maximum absolute atomic E-state index is 12.4. The number of furan rings is 1. The second-order valence-corrected chi connectivity index (χ2v) is 7.23. The molecule has 0 spiro atoms. The largest absolute Gasteiger partial charge is 0.496 e. The second kappa shape index (κ2) is 10.6. The minimum Gasteiger partial charge on any atom is -0.496 e. The summed E-state index contributed by atoms with van der Waals surface area (Å²) in [6, 6.07) is 17.5. The van der Waals surface area contributed by atoms with Crippen molar-refractivity contribution in [1.29, 1.82) is 0 Å². The number of ether oxygens (including phenoxy) is 3. The van der Waals surface area contributed by atoms with Crippen molar-refractivity contribution in [3.63, 3.8) is 0 Å². The molecule has 164 valence electrons. The molecule has 1 amide bonds. The molecule has 1 heterocycles. The first-order valence-corrected chi connectivity index (χ1v) is 10.2. The summed E-state index contributed by atoms with van der Waals surface area (Å²) >= 11 is 0. The van der Waals surface area contributed by atoms with Crippen molar-refractivity contribution in [2.75, 3.05) is 27.9 Å². The standard InChI is InChI=1S/C25H29NO5/c1-18(27)26(17-19-11-12-24(29-3)25(16-19)30-4)14-13-21(23-10-7-15-31-23)20-8-5-6-9-22(20)28-2/h5-12,15-16,21H,13-14,17H2,1-4H3/t21-/m0/s1. The van der Waals surface area contributed by atoms with Crippen LogP contribution < -0.4 is 14.2 Å². The number of hydrogen-bond donors (Lipinski definition) is 0. The highest BCUT2D eigenvalue weighted by molar-refractivity contribution is 5.73. The van der Waals surface area contributed by atoms with E-state index in [1.165, 1.54) is 0 Å². The number of rotatable bonds is 10. The van der Waals surface area contributed by atoms with Crippen LogP contribution in [0.2, 0.25) is 0 Å². The molecule has 0 N–H and O–H groups in total. The van der Waals surface area contributed by atoms with Crippen LogP contribution >= 0.6 is 0 Å². The molecule has 0 aliphatic rings. The van der Waals surface area contributed by atoms with Gasteiger partial charge in [-0.3, -0.25) is 4.79 Å². The normalized spacial score (nSPS) is 11.6. The molecule has 0 radical (unpaired) electrons. The average Bonchev–Trinajstić information content (AvgIpc) is 3.33. The third-order valence-corrected chi connectivity index (χ3v) is 5.36. The molecule has 1 aromatic heterocycles. The molecule has 0 saturated heterocycles. The van der Waals surface area contributed by atoms with E-state index in [4.69, 9.17) is 18.6 Å². The van der Waals surface area contributed by atoms with Crippen molar-refractivity contribution in [1.82, 2.24) is 4.90 Å². The third-order valence-electron chi connectivity index (χ3n) is 5.36. The smallest absolute Gasteiger partial charge is 0.219 e. The van der Waals surface area contributed by atoms with Crippen LogP contribution in [0.25, 0.3) is 0 Å². The maximum atomic E-state index is 12.4. The fourth-order valence-electron chi connectivity index (χ4n) is 3.73. The molecule has 31 heavy (non-hydrogen) atoms. The summed E-state index contributed by atoms with van der Waals surface area (Å²) in [6.07, 6.45) is 2.37. The van der Waals surface area contributed by atoms with Gasteiger partial charge in [0.25, 0.3) is 0 Å². The van der Waals surface area contributed by atoms with Crippen LogP contribution in [0.5, 0.6) is 17.2 Å². The van der Waals surface area contributed by atoms with Crippen molar-refractivity contribution < 1.29 is 23.4 Å². The lowest BCUT2D eigenvalue weighted by atomic mass is 9.92. The van der Waals surface area contributed by atoms with Gasteiger partial charge in [0.15, 0.2) is 11.5 Å². The van der Waals surface area contributed by atoms with Gasteiger partial charge < -0.3 is 23.5 Å². The lowest BCUT2D eigenvalue weighted by Gasteiger charge is -2.25. The van der Waals surface area contributed by atoms with Crippen molar-refractivity contribution in [2.24, 2.45) is 0 Å². The van der Waals surface area contributed by atoms with Crippen molar-refractivity contribution in [2.45, 2.75) is 25.8 Å². The summed E-state index contributed by atoms with van der Waals surface area (Å²) in [5, 5.41) is 0. The van der Waals surface area contributed by atoms with E-state index in [-0.39, 0.29) is 11.8 Å². The van der Waals surface area contributed by atoms with Gasteiger partial charge in [0, 0.05) is 31.5 Å². The molecule has 0 aliphatic carbocycles. The molecule has 6 nitrogen and oxygen atoms in total. The quantitative estimate of drug-likeness (QED) is 0.465. The van der Waals surface area contributed by atoms with Gasteiger partial charge >= 0.3 is 0 Å². The highest BCUT2D eigenvalue weighted by atomic mass is 16.5. The van der Waals surface area contributed by atoms with Crippen LogP contribution in [0.3, 0.4) is 0 Å². The predicted molar refractivity (Wildman–Crippen MR) is 119 cm³/mol. The molecule has 0 fully saturated rings. The molecule has 0 unspecified atom stereocenters. The Balaban J connectivity index is 1.81. The summed E-state index contributed by atoms with van der Waals surface area (Å²) < 4.78 is 22.0. The van der Waals surface area contributed by atoms with Gasteiger partial charge in [-0.05, 0) is 42.3 Å². The van der Waals surface area contributed by atoms with E-state index in [1.54, 1.807) is 34.5 Å². The number of nitrogens with zero attached hydrogens (tertiary/aromatic N) is 1. The van der Waals surface area contributed by atoms with Gasteiger partial charge in [-0.1, -0.05) is 24.3 Å². The van der Waals surface area contributed by atoms with Crippen LogP contribution in [0.4, 0.5) is 0 Å². The summed E-state index contributed by atoms with van der Waals surface area (Å²) in [4.78, 5) is 14.2. The van der Waals surface area contributed by atoms with E-state index in [9.17, 15) is 4.79 Å². The van der Waals surface area contributed by atoms with Crippen LogP contribution in [0.1, 0.15) is 36.1 Å². The lowest BCUT2D eigenvalue weighted by Crippen LogP contribution is -2.30. The monoisotopic (exact) mass is 423 g/mol. The second-order valence-electron chi connectivity index (χ2n) is 7.23. The van der Waals surface area contributed by atoms with Gasteiger partial charge in [-0.2, -0.15) is 0 Å². The van der Waals surface area contributed by atoms with Crippen molar-refractivity contribution in [3.05, 3.63) is 77.7 Å². The number of hydrogen-bond acceptors (Lipinski definition) is 5. The first-order valence-electron chi connectivity index (χ1n) is 10.2. The Morgan fingerprint density at radius 1 is 0.935 bits per heavy atom. The van der Waals surface area contributed by atoms with Gasteiger partial charge in [-0.15, -0.1) is 0 Å². The summed E-state index contributed by atoms with van der Waals surface area (Å²) in [7, 11) is 4.87. The zero-order chi connectivity index (χ0) is 22.2. The number of benzene rings is 2. The highest BCUT2D eigenvalue weighted by Gasteiger charge is 2.22. The zero-order valence-corrected chi connectivity index (χ0v) is 18.5. The third kappa shape index (κ3) is 5.40. The van der Waals surface area contributed by atoms with Crippen LogP contribution in [0.15, 0.2) is 65.3 Å². The van der Waals surface area contributed by atoms with Gasteiger partial charge in [-0.25, -0.2) is 0 Å². The SMILES string of the molecule is COc1ccc(CN(CC[C@H](c2ccco2)c2ccccc2OC)C(C)=O)cc1OC. The van der Waals surface area contributed by atoms with Gasteiger partial charge in [0.05, 0.1) is 27.6 Å². The first kappa shape index (κ1) is 22.3. The van der Waals surface area contributed by atoms with Crippen LogP contribution in [-0.2, 0) is 11.3 Å². The summed E-state index contributed by atoms with van der Waals surface area (Å²) in [6.45, 7) is 2.63. The van der Waals surface area contributed by atoms with Gasteiger partial charge in [0.1, 0.15) is 11.5 Å². The van der Waals surface area contributed by atoms with E-state index >= 15 is 0 Å². The van der Waals surface area contributed by atoms with Crippen LogP contribution in [-0.4, -0.2) is 38.7 Å². The maximum Gasteiger partial charge on any atom is 0.219 e. The number of carbonyl (C=O) groups is 1. The highest BCUT2D eigenvalue weighted by Crippen LogP contribution is 2.35. The molecule has 2 aromatic carbocycles. The Morgan fingerprint density at radius 3 is 2.32 bits per heavy atom. The van der Waals surface area contributed by atoms with E-state index in [2.05, 4.69) is 0 Å². The zero-order valence-electron chi connectivity index (χ0n) is 18.5. The Labute approximate surface area is 183 Å². The molecule has 0 aliphatic heterocycles. The number of carbonyl (C=O) groups excluding carboxylic acids is 1. The number of methoxy groups -OCH3 is 3. The molecule has 1 atom stereocenters. The molecule has 3 aromatic rings. The lowest BCUT2D eigenvalue weighted by molar-refractivity contribution is -0.129. The summed E-state index contributed by atoms with van der Waals surface area (Å²) in [5.74, 6) is 2.93. The molecule has 3 rings (SSSR count).